The number of hydrogen-bond donors (Lipinski definition) is 0. The first kappa shape index (κ1) is 21.4. The normalized spacial score (nSPS) is 24.8. The molecule has 2 aliphatic carbocycles. The van der Waals surface area contributed by atoms with Gasteiger partial charge in [0.1, 0.15) is 11.7 Å². The summed E-state index contributed by atoms with van der Waals surface area (Å²) < 4.78 is 11.2. The van der Waals surface area contributed by atoms with E-state index in [0.717, 1.165) is 24.8 Å². The maximum absolute atomic E-state index is 12.9. The molecule has 0 aliphatic heterocycles. The van der Waals surface area contributed by atoms with Crippen LogP contribution in [-0.2, 0) is 31.9 Å². The molecule has 0 aromatic heterocycles. The number of carbonyl (C=O) groups is 2. The van der Waals surface area contributed by atoms with Crippen LogP contribution in [-0.4, -0.2) is 17.5 Å². The highest BCUT2D eigenvalue weighted by Gasteiger charge is 2.61. The Labute approximate surface area is 174 Å². The molecular formula is C25H32O4. The quantitative estimate of drug-likeness (QED) is 0.381. The second-order valence-corrected chi connectivity index (χ2v) is 9.66. The SMILES string of the molecule is C=CCc1cccc2c1CCC2OC(=O)[C@@H]1[C@H](C=CC(=O)OC(C)(C)C)C1(C)C. The Bertz CT molecular complexity index is 841. The zero-order valence-electron chi connectivity index (χ0n) is 18.2. The smallest absolute Gasteiger partial charge is 0.330 e. The fraction of sp³-hybridized carbons (Fsp3) is 0.520. The summed E-state index contributed by atoms with van der Waals surface area (Å²) in [4.78, 5) is 24.8. The number of rotatable bonds is 6. The third-order valence-corrected chi connectivity index (χ3v) is 5.95. The second kappa shape index (κ2) is 7.81. The Balaban J connectivity index is 1.65. The lowest BCUT2D eigenvalue weighted by molar-refractivity contribution is -0.152. The van der Waals surface area contributed by atoms with E-state index in [0.29, 0.717) is 0 Å². The van der Waals surface area contributed by atoms with Crippen LogP contribution in [0.5, 0.6) is 0 Å². The van der Waals surface area contributed by atoms with Crippen molar-refractivity contribution in [1.82, 2.24) is 0 Å². The molecule has 1 unspecified atom stereocenters. The first-order valence-corrected chi connectivity index (χ1v) is 10.4. The molecule has 1 saturated carbocycles. The highest BCUT2D eigenvalue weighted by atomic mass is 16.6. The third-order valence-electron chi connectivity index (χ3n) is 5.95. The van der Waals surface area contributed by atoms with Gasteiger partial charge in [0.05, 0.1) is 5.92 Å². The van der Waals surface area contributed by atoms with Crippen molar-refractivity contribution in [2.45, 2.75) is 65.6 Å². The highest BCUT2D eigenvalue weighted by Crippen LogP contribution is 2.60. The number of ether oxygens (including phenoxy) is 2. The van der Waals surface area contributed by atoms with E-state index < -0.39 is 5.60 Å². The predicted octanol–water partition coefficient (Wildman–Crippen LogP) is 5.12. The largest absolute Gasteiger partial charge is 0.457 e. The number of carbonyl (C=O) groups excluding carboxylic acids is 2. The Morgan fingerprint density at radius 3 is 2.66 bits per heavy atom. The standard InChI is InChI=1S/C25H32O4/c1-7-9-16-10-8-11-18-17(16)12-14-20(18)28-23(27)22-19(25(22,5)6)13-15-21(26)29-24(2,3)4/h7-8,10-11,13,15,19-20,22H,1,9,12,14H2,2-6H3/t19-,20?,22-/m0/s1. The Morgan fingerprint density at radius 2 is 2.00 bits per heavy atom. The van der Waals surface area contributed by atoms with Gasteiger partial charge in [-0.1, -0.05) is 44.2 Å². The van der Waals surface area contributed by atoms with Crippen LogP contribution in [0.1, 0.15) is 63.8 Å². The van der Waals surface area contributed by atoms with Crippen LogP contribution in [0.15, 0.2) is 43.0 Å². The summed E-state index contributed by atoms with van der Waals surface area (Å²) in [6, 6.07) is 6.20. The van der Waals surface area contributed by atoms with Crippen LogP contribution < -0.4 is 0 Å². The topological polar surface area (TPSA) is 52.6 Å². The molecule has 4 heteroatoms. The molecule has 0 bridgehead atoms. The molecule has 1 fully saturated rings. The van der Waals surface area contributed by atoms with Crippen LogP contribution in [0, 0.1) is 17.3 Å². The first-order valence-electron chi connectivity index (χ1n) is 10.4. The molecule has 156 valence electrons. The third kappa shape index (κ3) is 4.63. The monoisotopic (exact) mass is 396 g/mol. The molecule has 3 atom stereocenters. The molecule has 0 amide bonds. The molecule has 1 aromatic carbocycles. The lowest BCUT2D eigenvalue weighted by Gasteiger charge is -2.17. The van der Waals surface area contributed by atoms with Crippen molar-refractivity contribution in [2.24, 2.45) is 17.3 Å². The molecule has 0 N–H and O–H groups in total. The minimum absolute atomic E-state index is 0.0181. The molecular weight excluding hydrogens is 364 g/mol. The number of hydrogen-bond acceptors (Lipinski definition) is 4. The highest BCUT2D eigenvalue weighted by molar-refractivity contribution is 5.83. The van der Waals surface area contributed by atoms with Crippen molar-refractivity contribution in [3.05, 3.63) is 59.7 Å². The molecule has 4 nitrogen and oxygen atoms in total. The molecule has 3 rings (SSSR count). The van der Waals surface area contributed by atoms with E-state index in [1.165, 1.54) is 17.2 Å². The van der Waals surface area contributed by atoms with Crippen LogP contribution in [0.4, 0.5) is 0 Å². The van der Waals surface area contributed by atoms with Crippen LogP contribution in [0.25, 0.3) is 0 Å². The summed E-state index contributed by atoms with van der Waals surface area (Å²) in [5.41, 5.74) is 2.93. The van der Waals surface area contributed by atoms with Gasteiger partial charge in [-0.15, -0.1) is 6.58 Å². The molecule has 0 spiro atoms. The molecule has 29 heavy (non-hydrogen) atoms. The Kier molecular flexibility index (Phi) is 5.75. The van der Waals surface area contributed by atoms with E-state index >= 15 is 0 Å². The second-order valence-electron chi connectivity index (χ2n) is 9.66. The van der Waals surface area contributed by atoms with Crippen LogP contribution in [0.3, 0.4) is 0 Å². The molecule has 0 heterocycles. The summed E-state index contributed by atoms with van der Waals surface area (Å²) in [6.07, 6.45) is 7.53. The maximum atomic E-state index is 12.9. The lowest BCUT2D eigenvalue weighted by Crippen LogP contribution is -2.22. The van der Waals surface area contributed by atoms with Crippen molar-refractivity contribution in [2.75, 3.05) is 0 Å². The van der Waals surface area contributed by atoms with Gasteiger partial charge >= 0.3 is 11.9 Å². The minimum Gasteiger partial charge on any atom is -0.457 e. The average molecular weight is 397 g/mol. The Morgan fingerprint density at radius 1 is 1.28 bits per heavy atom. The minimum atomic E-state index is -0.529. The number of benzene rings is 1. The first-order chi connectivity index (χ1) is 13.5. The van der Waals surface area contributed by atoms with E-state index in [-0.39, 0.29) is 35.3 Å². The summed E-state index contributed by atoms with van der Waals surface area (Å²) in [5.74, 6) is -0.815. The van der Waals surface area contributed by atoms with Gasteiger partial charge in [0.15, 0.2) is 0 Å². The zero-order valence-corrected chi connectivity index (χ0v) is 18.2. The number of fused-ring (bicyclic) bond motifs is 1. The van der Waals surface area contributed by atoms with E-state index in [1.807, 2.05) is 46.8 Å². The van der Waals surface area contributed by atoms with E-state index in [9.17, 15) is 9.59 Å². The molecule has 2 aliphatic rings. The van der Waals surface area contributed by atoms with E-state index in [2.05, 4.69) is 18.7 Å². The Hall–Kier alpha value is -2.36. The summed E-state index contributed by atoms with van der Waals surface area (Å²) in [6.45, 7) is 13.4. The summed E-state index contributed by atoms with van der Waals surface area (Å²) >= 11 is 0. The molecule has 1 aromatic rings. The van der Waals surface area contributed by atoms with Crippen molar-refractivity contribution in [3.63, 3.8) is 0 Å². The van der Waals surface area contributed by atoms with Crippen molar-refractivity contribution < 1.29 is 19.1 Å². The number of allylic oxidation sites excluding steroid dienone is 2. The van der Waals surface area contributed by atoms with Gasteiger partial charge in [0.2, 0.25) is 0 Å². The fourth-order valence-electron chi connectivity index (χ4n) is 4.38. The van der Waals surface area contributed by atoms with Crippen LogP contribution >= 0.6 is 0 Å². The van der Waals surface area contributed by atoms with Gasteiger partial charge in [-0.2, -0.15) is 0 Å². The van der Waals surface area contributed by atoms with Crippen LogP contribution in [0.2, 0.25) is 0 Å². The zero-order chi connectivity index (χ0) is 21.4. The van der Waals surface area contributed by atoms with E-state index in [1.54, 1.807) is 6.08 Å². The summed E-state index contributed by atoms with van der Waals surface area (Å²) in [7, 11) is 0. The van der Waals surface area contributed by atoms with Gasteiger partial charge in [-0.25, -0.2) is 4.79 Å². The van der Waals surface area contributed by atoms with Gasteiger partial charge in [-0.3, -0.25) is 4.79 Å². The van der Waals surface area contributed by atoms with Gasteiger partial charge < -0.3 is 9.47 Å². The lowest BCUT2D eigenvalue weighted by atomic mass is 10.0. The van der Waals surface area contributed by atoms with Gasteiger partial charge in [0.25, 0.3) is 0 Å². The van der Waals surface area contributed by atoms with Gasteiger partial charge in [0, 0.05) is 6.08 Å². The molecule has 0 saturated heterocycles. The molecule has 0 radical (unpaired) electrons. The van der Waals surface area contributed by atoms with E-state index in [4.69, 9.17) is 9.47 Å². The number of esters is 2. The maximum Gasteiger partial charge on any atom is 0.330 e. The van der Waals surface area contributed by atoms with Crippen molar-refractivity contribution >= 4 is 11.9 Å². The average Bonchev–Trinajstić information content (AvgIpc) is 2.93. The predicted molar refractivity (Wildman–Crippen MR) is 113 cm³/mol. The van der Waals surface area contributed by atoms with Crippen molar-refractivity contribution in [3.8, 4) is 0 Å². The fourth-order valence-corrected chi connectivity index (χ4v) is 4.38. The van der Waals surface area contributed by atoms with Gasteiger partial charge in [-0.05, 0) is 68.1 Å². The summed E-state index contributed by atoms with van der Waals surface area (Å²) in [5, 5.41) is 0. The van der Waals surface area contributed by atoms with Crippen molar-refractivity contribution in [1.29, 1.82) is 0 Å².